The summed E-state index contributed by atoms with van der Waals surface area (Å²) in [5, 5.41) is 3.00. The minimum absolute atomic E-state index is 0.0261. The van der Waals surface area contributed by atoms with Crippen LogP contribution >= 0.6 is 0 Å². The summed E-state index contributed by atoms with van der Waals surface area (Å²) in [6.45, 7) is 5.98. The molecule has 1 amide bonds. The molecule has 1 atom stereocenters. The Hall–Kier alpha value is -2.09. The first-order chi connectivity index (χ1) is 9.08. The van der Waals surface area contributed by atoms with Gasteiger partial charge in [-0.15, -0.1) is 0 Å². The molecule has 19 heavy (non-hydrogen) atoms. The first kappa shape index (κ1) is 13.3. The zero-order valence-corrected chi connectivity index (χ0v) is 11.6. The smallest absolute Gasteiger partial charge is 0.231 e. The highest BCUT2D eigenvalue weighted by Gasteiger charge is 2.15. The van der Waals surface area contributed by atoms with Crippen LogP contribution in [0.5, 0.6) is 0 Å². The van der Waals surface area contributed by atoms with E-state index in [1.165, 1.54) is 5.56 Å². The topological polar surface area (TPSA) is 29.1 Å². The number of carbonyl (C=O) groups is 1. The standard InChI is InChI=1S/C17H19NO/c1-12-9-10-16(13(2)11-12)18-17(19)14(3)15-7-5-4-6-8-15/h4-11,14H,1-3H3,(H,18,19). The van der Waals surface area contributed by atoms with E-state index in [9.17, 15) is 4.79 Å². The van der Waals surface area contributed by atoms with Crippen molar-refractivity contribution in [3.05, 3.63) is 65.2 Å². The molecule has 0 spiro atoms. The first-order valence-corrected chi connectivity index (χ1v) is 6.51. The third-order valence-corrected chi connectivity index (χ3v) is 3.33. The molecule has 1 N–H and O–H groups in total. The van der Waals surface area contributed by atoms with Crippen molar-refractivity contribution in [1.82, 2.24) is 0 Å². The Kier molecular flexibility index (Phi) is 4.00. The molecule has 2 aromatic rings. The van der Waals surface area contributed by atoms with E-state index in [1.807, 2.05) is 63.2 Å². The number of nitrogens with one attached hydrogen (secondary N) is 1. The van der Waals surface area contributed by atoms with Crippen LogP contribution in [-0.2, 0) is 4.79 Å². The van der Waals surface area contributed by atoms with Gasteiger partial charge in [0, 0.05) is 5.69 Å². The third-order valence-electron chi connectivity index (χ3n) is 3.33. The summed E-state index contributed by atoms with van der Waals surface area (Å²) >= 11 is 0. The fourth-order valence-corrected chi connectivity index (χ4v) is 2.09. The van der Waals surface area contributed by atoms with E-state index in [1.54, 1.807) is 0 Å². The second-order valence-electron chi connectivity index (χ2n) is 4.94. The van der Waals surface area contributed by atoms with E-state index < -0.39 is 0 Å². The quantitative estimate of drug-likeness (QED) is 0.878. The van der Waals surface area contributed by atoms with Crippen molar-refractivity contribution in [3.8, 4) is 0 Å². The molecule has 0 heterocycles. The predicted molar refractivity (Wildman–Crippen MR) is 79.4 cm³/mol. The average molecular weight is 253 g/mol. The van der Waals surface area contributed by atoms with Crippen LogP contribution in [0.1, 0.15) is 29.5 Å². The van der Waals surface area contributed by atoms with Crippen LogP contribution in [0, 0.1) is 13.8 Å². The third kappa shape index (κ3) is 3.22. The zero-order valence-electron chi connectivity index (χ0n) is 11.6. The number of anilines is 1. The molecular weight excluding hydrogens is 234 g/mol. The molecule has 0 aliphatic carbocycles. The highest BCUT2D eigenvalue weighted by Crippen LogP contribution is 2.20. The fraction of sp³-hybridized carbons (Fsp3) is 0.235. The van der Waals surface area contributed by atoms with Crippen LogP contribution < -0.4 is 5.32 Å². The molecule has 0 radical (unpaired) electrons. The summed E-state index contributed by atoms with van der Waals surface area (Å²) in [7, 11) is 0. The van der Waals surface area contributed by atoms with Gasteiger partial charge in [-0.1, -0.05) is 48.0 Å². The lowest BCUT2D eigenvalue weighted by molar-refractivity contribution is -0.117. The lowest BCUT2D eigenvalue weighted by Gasteiger charge is -2.14. The van der Waals surface area contributed by atoms with E-state index in [4.69, 9.17) is 0 Å². The summed E-state index contributed by atoms with van der Waals surface area (Å²) in [4.78, 5) is 12.2. The second-order valence-corrected chi connectivity index (χ2v) is 4.94. The van der Waals surface area contributed by atoms with E-state index in [2.05, 4.69) is 11.4 Å². The number of hydrogen-bond donors (Lipinski definition) is 1. The molecule has 0 bridgehead atoms. The molecule has 2 nitrogen and oxygen atoms in total. The van der Waals surface area contributed by atoms with E-state index in [-0.39, 0.29) is 11.8 Å². The minimum atomic E-state index is -0.151. The fourth-order valence-electron chi connectivity index (χ4n) is 2.09. The van der Waals surface area contributed by atoms with Gasteiger partial charge < -0.3 is 5.32 Å². The molecule has 2 rings (SSSR count). The minimum Gasteiger partial charge on any atom is -0.325 e. The molecule has 0 fully saturated rings. The average Bonchev–Trinajstić information content (AvgIpc) is 2.42. The maximum Gasteiger partial charge on any atom is 0.231 e. The van der Waals surface area contributed by atoms with Gasteiger partial charge in [-0.05, 0) is 38.0 Å². The van der Waals surface area contributed by atoms with Gasteiger partial charge in [-0.2, -0.15) is 0 Å². The Morgan fingerprint density at radius 2 is 1.74 bits per heavy atom. The lowest BCUT2D eigenvalue weighted by atomic mass is 10.00. The SMILES string of the molecule is Cc1ccc(NC(=O)C(C)c2ccccc2)c(C)c1. The van der Waals surface area contributed by atoms with E-state index in [0.717, 1.165) is 16.8 Å². The highest BCUT2D eigenvalue weighted by molar-refractivity contribution is 5.96. The monoisotopic (exact) mass is 253 g/mol. The van der Waals surface area contributed by atoms with Crippen LogP contribution in [0.4, 0.5) is 5.69 Å². The van der Waals surface area contributed by atoms with Crippen molar-refractivity contribution in [2.45, 2.75) is 26.7 Å². The van der Waals surface area contributed by atoms with Crippen molar-refractivity contribution in [3.63, 3.8) is 0 Å². The van der Waals surface area contributed by atoms with Crippen molar-refractivity contribution in [2.24, 2.45) is 0 Å². The summed E-state index contributed by atoms with van der Waals surface area (Å²) in [5.74, 6) is -0.125. The van der Waals surface area contributed by atoms with Crippen LogP contribution in [0.25, 0.3) is 0 Å². The Labute approximate surface area is 114 Å². The Bertz CT molecular complexity index is 575. The number of hydrogen-bond acceptors (Lipinski definition) is 1. The van der Waals surface area contributed by atoms with Gasteiger partial charge in [0.05, 0.1) is 5.92 Å². The van der Waals surface area contributed by atoms with Gasteiger partial charge in [0.2, 0.25) is 5.91 Å². The van der Waals surface area contributed by atoms with Gasteiger partial charge in [-0.3, -0.25) is 4.79 Å². The van der Waals surface area contributed by atoms with Gasteiger partial charge in [0.15, 0.2) is 0 Å². The molecular formula is C17H19NO. The van der Waals surface area contributed by atoms with Crippen molar-refractivity contribution < 1.29 is 4.79 Å². The van der Waals surface area contributed by atoms with Gasteiger partial charge in [0.25, 0.3) is 0 Å². The molecule has 2 aromatic carbocycles. The van der Waals surface area contributed by atoms with Gasteiger partial charge in [0.1, 0.15) is 0 Å². The van der Waals surface area contributed by atoms with Crippen molar-refractivity contribution in [1.29, 1.82) is 0 Å². The van der Waals surface area contributed by atoms with Crippen molar-refractivity contribution in [2.75, 3.05) is 5.32 Å². The zero-order chi connectivity index (χ0) is 13.8. The molecule has 98 valence electrons. The highest BCUT2D eigenvalue weighted by atomic mass is 16.1. The van der Waals surface area contributed by atoms with E-state index in [0.29, 0.717) is 0 Å². The maximum atomic E-state index is 12.2. The summed E-state index contributed by atoms with van der Waals surface area (Å²) < 4.78 is 0. The lowest BCUT2D eigenvalue weighted by Crippen LogP contribution is -2.19. The van der Waals surface area contributed by atoms with Crippen LogP contribution in [0.2, 0.25) is 0 Å². The maximum absolute atomic E-state index is 12.2. The Morgan fingerprint density at radius 3 is 2.37 bits per heavy atom. The molecule has 0 aromatic heterocycles. The summed E-state index contributed by atoms with van der Waals surface area (Å²) in [6.07, 6.45) is 0. The van der Waals surface area contributed by atoms with Crippen LogP contribution in [0.3, 0.4) is 0 Å². The van der Waals surface area contributed by atoms with Gasteiger partial charge >= 0.3 is 0 Å². The Balaban J connectivity index is 2.13. The molecule has 0 aliphatic heterocycles. The van der Waals surface area contributed by atoms with E-state index >= 15 is 0 Å². The van der Waals surface area contributed by atoms with Crippen LogP contribution in [0.15, 0.2) is 48.5 Å². The number of carbonyl (C=O) groups excluding carboxylic acids is 1. The normalized spacial score (nSPS) is 11.9. The second kappa shape index (κ2) is 5.70. The number of amides is 1. The summed E-state index contributed by atoms with van der Waals surface area (Å²) in [5.41, 5.74) is 4.21. The first-order valence-electron chi connectivity index (χ1n) is 6.51. The predicted octanol–water partition coefficient (Wildman–Crippen LogP) is 4.05. The largest absolute Gasteiger partial charge is 0.325 e. The molecule has 0 saturated heterocycles. The number of benzene rings is 2. The Morgan fingerprint density at radius 1 is 1.05 bits per heavy atom. The molecule has 1 unspecified atom stereocenters. The van der Waals surface area contributed by atoms with Crippen LogP contribution in [-0.4, -0.2) is 5.91 Å². The number of aryl methyl sites for hydroxylation is 2. The van der Waals surface area contributed by atoms with Gasteiger partial charge in [-0.25, -0.2) is 0 Å². The molecule has 0 saturated carbocycles. The molecule has 2 heteroatoms. The summed E-state index contributed by atoms with van der Waals surface area (Å²) in [6, 6.07) is 15.9. The number of rotatable bonds is 3. The van der Waals surface area contributed by atoms with Crippen molar-refractivity contribution >= 4 is 11.6 Å². The molecule has 0 aliphatic rings.